The summed E-state index contributed by atoms with van der Waals surface area (Å²) in [6, 6.07) is 78.6. The molecule has 0 unspecified atom stereocenters. The van der Waals surface area contributed by atoms with Gasteiger partial charge in [0.1, 0.15) is 0 Å². The van der Waals surface area contributed by atoms with Crippen molar-refractivity contribution in [1.29, 1.82) is 5.26 Å². The van der Waals surface area contributed by atoms with Gasteiger partial charge in [0.05, 0.1) is 11.6 Å². The van der Waals surface area contributed by atoms with Gasteiger partial charge >= 0.3 is 0 Å². The molecular formula is C60H36N4. The molecule has 1 heterocycles. The fourth-order valence-corrected chi connectivity index (χ4v) is 9.61. The zero-order chi connectivity index (χ0) is 42.6. The molecule has 296 valence electrons. The molecule has 0 amide bonds. The van der Waals surface area contributed by atoms with Crippen LogP contribution in [-0.4, -0.2) is 15.0 Å². The lowest BCUT2D eigenvalue weighted by molar-refractivity contribution is 1.07. The molecule has 10 aromatic carbocycles. The summed E-state index contributed by atoms with van der Waals surface area (Å²) in [5, 5.41) is 15.6. The Morgan fingerprint density at radius 1 is 0.297 bits per heavy atom. The van der Waals surface area contributed by atoms with Gasteiger partial charge in [-0.05, 0) is 101 Å². The summed E-state index contributed by atoms with van der Waals surface area (Å²) in [5.74, 6) is 1.73. The van der Waals surface area contributed by atoms with Crippen molar-refractivity contribution in [2.24, 2.45) is 0 Å². The average Bonchev–Trinajstić information content (AvgIpc) is 3.70. The molecule has 0 aliphatic heterocycles. The smallest absolute Gasteiger partial charge is 0.164 e. The maximum absolute atomic E-state index is 10.8. The highest BCUT2D eigenvalue weighted by Crippen LogP contribution is 2.50. The number of nitriles is 1. The topological polar surface area (TPSA) is 62.5 Å². The van der Waals surface area contributed by atoms with Crippen molar-refractivity contribution >= 4 is 21.5 Å². The first-order chi connectivity index (χ1) is 31.7. The summed E-state index contributed by atoms with van der Waals surface area (Å²) in [5.41, 5.74) is 16.5. The third kappa shape index (κ3) is 6.18. The molecule has 0 saturated heterocycles. The van der Waals surface area contributed by atoms with Gasteiger partial charge in [0, 0.05) is 22.3 Å². The first-order valence-corrected chi connectivity index (χ1v) is 21.5. The average molecular weight is 813 g/mol. The predicted octanol–water partition coefficient (Wildman–Crippen LogP) is 15.4. The van der Waals surface area contributed by atoms with E-state index in [1.165, 1.54) is 38.6 Å². The van der Waals surface area contributed by atoms with E-state index in [2.05, 4.69) is 158 Å². The number of rotatable bonds is 7. The highest BCUT2D eigenvalue weighted by molar-refractivity contribution is 6.18. The minimum Gasteiger partial charge on any atom is -0.208 e. The Morgan fingerprint density at radius 2 is 0.812 bits per heavy atom. The van der Waals surface area contributed by atoms with Crippen molar-refractivity contribution in [1.82, 2.24) is 15.0 Å². The molecule has 64 heavy (non-hydrogen) atoms. The van der Waals surface area contributed by atoms with Crippen molar-refractivity contribution in [2.75, 3.05) is 0 Å². The van der Waals surface area contributed by atoms with Crippen LogP contribution in [0.2, 0.25) is 0 Å². The van der Waals surface area contributed by atoms with E-state index in [1.807, 2.05) is 66.7 Å². The van der Waals surface area contributed by atoms with Crippen molar-refractivity contribution in [2.45, 2.75) is 0 Å². The maximum Gasteiger partial charge on any atom is 0.164 e. The summed E-state index contributed by atoms with van der Waals surface area (Å²) < 4.78 is 0. The molecule has 0 N–H and O–H groups in total. The molecule has 4 nitrogen and oxygen atoms in total. The van der Waals surface area contributed by atoms with E-state index < -0.39 is 0 Å². The SMILES string of the molecule is N#Cc1cccc(-c2ccccc2-c2nc(-c3ccccc3)nc(-c3ccc4ccccc4c3)n2)c1-c1ccccc1-c1cccc(-c2ccc3c4c(cccc24)-c2ccccc2-3)c1. The Hall–Kier alpha value is -8.78. The van der Waals surface area contributed by atoms with E-state index in [-0.39, 0.29) is 0 Å². The lowest BCUT2D eigenvalue weighted by Gasteiger charge is -2.19. The molecule has 1 aliphatic carbocycles. The molecule has 11 aromatic rings. The summed E-state index contributed by atoms with van der Waals surface area (Å²) in [7, 11) is 0. The standard InChI is InChI=1S/C60H36N4/c61-37-44-21-13-28-52(49-25-9-11-27-55(49)60-63-58(39-16-2-1-3-17-39)62-59(64-60)43-32-31-38-15-4-5-18-40(38)35-43)56(44)50-26-10-6-22-45(50)41-19-12-20-42(36-41)46-33-34-54-48-24-8-7-23-47(48)53-30-14-29-51(46)57(53)54/h1-36H. The van der Waals surface area contributed by atoms with Crippen molar-refractivity contribution in [3.05, 3.63) is 224 Å². The molecule has 0 bridgehead atoms. The zero-order valence-corrected chi connectivity index (χ0v) is 34.6. The monoisotopic (exact) mass is 812 g/mol. The Bertz CT molecular complexity index is 3660. The van der Waals surface area contributed by atoms with Crippen LogP contribution < -0.4 is 0 Å². The first kappa shape index (κ1) is 37.0. The highest BCUT2D eigenvalue weighted by atomic mass is 15.0. The molecule has 1 aliphatic rings. The normalized spacial score (nSPS) is 11.4. The van der Waals surface area contributed by atoms with Gasteiger partial charge in [0.25, 0.3) is 0 Å². The van der Waals surface area contributed by atoms with Gasteiger partial charge in [-0.2, -0.15) is 5.26 Å². The molecule has 4 heteroatoms. The van der Waals surface area contributed by atoms with Crippen LogP contribution in [0, 0.1) is 11.3 Å². The third-order valence-corrected chi connectivity index (χ3v) is 12.5. The number of fused-ring (bicyclic) bond motifs is 4. The predicted molar refractivity (Wildman–Crippen MR) is 262 cm³/mol. The Labute approximate surface area is 371 Å². The van der Waals surface area contributed by atoms with Crippen LogP contribution in [0.4, 0.5) is 0 Å². The van der Waals surface area contributed by atoms with Gasteiger partial charge in [-0.15, -0.1) is 0 Å². The quantitative estimate of drug-likeness (QED) is 0.161. The van der Waals surface area contributed by atoms with Crippen LogP contribution in [-0.2, 0) is 0 Å². The van der Waals surface area contributed by atoms with E-state index in [0.29, 0.717) is 23.0 Å². The summed E-state index contributed by atoms with van der Waals surface area (Å²) in [4.78, 5) is 15.4. The zero-order valence-electron chi connectivity index (χ0n) is 34.6. The summed E-state index contributed by atoms with van der Waals surface area (Å²) in [6.07, 6.45) is 0. The van der Waals surface area contributed by atoms with E-state index in [9.17, 15) is 5.26 Å². The van der Waals surface area contributed by atoms with Crippen molar-refractivity contribution in [3.8, 4) is 107 Å². The first-order valence-electron chi connectivity index (χ1n) is 21.5. The van der Waals surface area contributed by atoms with Crippen LogP contribution in [0.3, 0.4) is 0 Å². The molecule has 0 radical (unpaired) electrons. The molecule has 0 atom stereocenters. The van der Waals surface area contributed by atoms with Crippen molar-refractivity contribution < 1.29 is 0 Å². The maximum atomic E-state index is 10.8. The summed E-state index contributed by atoms with van der Waals surface area (Å²) in [6.45, 7) is 0. The lowest BCUT2D eigenvalue weighted by Crippen LogP contribution is -2.01. The fourth-order valence-electron chi connectivity index (χ4n) is 9.61. The molecule has 0 saturated carbocycles. The van der Waals surface area contributed by atoms with Gasteiger partial charge in [-0.3, -0.25) is 0 Å². The largest absolute Gasteiger partial charge is 0.208 e. The summed E-state index contributed by atoms with van der Waals surface area (Å²) >= 11 is 0. The minimum atomic E-state index is 0.551. The highest BCUT2D eigenvalue weighted by Gasteiger charge is 2.24. The van der Waals surface area contributed by atoms with Gasteiger partial charge in [0.15, 0.2) is 17.5 Å². The van der Waals surface area contributed by atoms with Crippen LogP contribution in [0.15, 0.2) is 218 Å². The Balaban J connectivity index is 1.01. The Kier molecular flexibility index (Phi) is 8.84. The van der Waals surface area contributed by atoms with Gasteiger partial charge in [0.2, 0.25) is 0 Å². The van der Waals surface area contributed by atoms with E-state index >= 15 is 0 Å². The van der Waals surface area contributed by atoms with Gasteiger partial charge in [-0.25, -0.2) is 15.0 Å². The van der Waals surface area contributed by atoms with E-state index in [0.717, 1.165) is 66.4 Å². The van der Waals surface area contributed by atoms with Gasteiger partial charge in [-0.1, -0.05) is 200 Å². The van der Waals surface area contributed by atoms with Crippen LogP contribution in [0.5, 0.6) is 0 Å². The third-order valence-electron chi connectivity index (χ3n) is 12.5. The number of benzene rings is 10. The molecule has 1 aromatic heterocycles. The molecule has 0 fully saturated rings. The number of hydrogen-bond donors (Lipinski definition) is 0. The number of aromatic nitrogens is 3. The minimum absolute atomic E-state index is 0.551. The lowest BCUT2D eigenvalue weighted by atomic mass is 9.85. The molecule has 12 rings (SSSR count). The van der Waals surface area contributed by atoms with Crippen molar-refractivity contribution in [3.63, 3.8) is 0 Å². The second-order valence-corrected chi connectivity index (χ2v) is 16.2. The number of nitrogens with zero attached hydrogens (tertiary/aromatic N) is 4. The molecular weight excluding hydrogens is 777 g/mol. The van der Waals surface area contributed by atoms with Crippen LogP contribution >= 0.6 is 0 Å². The second kappa shape index (κ2) is 15.3. The van der Waals surface area contributed by atoms with E-state index in [4.69, 9.17) is 15.0 Å². The second-order valence-electron chi connectivity index (χ2n) is 16.2. The molecule has 0 spiro atoms. The van der Waals surface area contributed by atoms with Crippen LogP contribution in [0.25, 0.3) is 122 Å². The van der Waals surface area contributed by atoms with Gasteiger partial charge < -0.3 is 0 Å². The number of hydrogen-bond acceptors (Lipinski definition) is 4. The van der Waals surface area contributed by atoms with E-state index in [1.54, 1.807) is 0 Å². The fraction of sp³-hybridized carbons (Fsp3) is 0. The Morgan fingerprint density at radius 3 is 1.58 bits per heavy atom. The van der Waals surface area contributed by atoms with Crippen LogP contribution in [0.1, 0.15) is 5.56 Å².